The summed E-state index contributed by atoms with van der Waals surface area (Å²) in [7, 11) is 0. The molecular formula is C19H23BrN2S. The van der Waals surface area contributed by atoms with Crippen molar-refractivity contribution in [2.45, 2.75) is 33.7 Å². The van der Waals surface area contributed by atoms with Crippen molar-refractivity contribution in [1.29, 1.82) is 0 Å². The molecule has 0 spiro atoms. The van der Waals surface area contributed by atoms with E-state index in [1.807, 2.05) is 24.3 Å². The van der Waals surface area contributed by atoms with E-state index in [0.717, 1.165) is 10.2 Å². The average Bonchev–Trinajstić information content (AvgIpc) is 2.48. The number of nitrogens with one attached hydrogen (secondary N) is 2. The standard InChI is InChI=1S/C19H23BrN2S/c1-12(2)18(17-10-5-13(3)11-14(17)4)22-19(23)21-16-8-6-15(20)7-9-16/h5-12,18H,1-4H3,(H2,21,22,23). The number of halogens is 1. The Labute approximate surface area is 152 Å². The summed E-state index contributed by atoms with van der Waals surface area (Å²) in [4.78, 5) is 0. The Morgan fingerprint density at radius 1 is 1.04 bits per heavy atom. The zero-order chi connectivity index (χ0) is 17.0. The summed E-state index contributed by atoms with van der Waals surface area (Å²) in [6.45, 7) is 8.69. The van der Waals surface area contributed by atoms with Crippen LogP contribution in [-0.4, -0.2) is 5.11 Å². The predicted octanol–water partition coefficient (Wildman–Crippen LogP) is 5.75. The van der Waals surface area contributed by atoms with Gasteiger partial charge in [0.25, 0.3) is 0 Å². The van der Waals surface area contributed by atoms with Gasteiger partial charge in [0, 0.05) is 10.2 Å². The second-order valence-corrected chi connectivity index (χ2v) is 7.51. The zero-order valence-electron chi connectivity index (χ0n) is 14.0. The van der Waals surface area contributed by atoms with Gasteiger partial charge in [0.1, 0.15) is 0 Å². The number of benzene rings is 2. The van der Waals surface area contributed by atoms with E-state index in [9.17, 15) is 0 Å². The number of anilines is 1. The van der Waals surface area contributed by atoms with Gasteiger partial charge in [0.15, 0.2) is 5.11 Å². The van der Waals surface area contributed by atoms with Gasteiger partial charge in [-0.3, -0.25) is 0 Å². The maximum Gasteiger partial charge on any atom is 0.171 e. The summed E-state index contributed by atoms with van der Waals surface area (Å²) in [5, 5.41) is 7.36. The fourth-order valence-corrected chi connectivity index (χ4v) is 3.13. The van der Waals surface area contributed by atoms with E-state index in [4.69, 9.17) is 12.2 Å². The third kappa shape index (κ3) is 5.05. The summed E-state index contributed by atoms with van der Waals surface area (Å²) >= 11 is 8.94. The van der Waals surface area contributed by atoms with Gasteiger partial charge in [-0.2, -0.15) is 0 Å². The molecule has 2 aromatic rings. The lowest BCUT2D eigenvalue weighted by atomic mass is 9.92. The van der Waals surface area contributed by atoms with Crippen LogP contribution in [0.2, 0.25) is 0 Å². The Morgan fingerprint density at radius 3 is 2.26 bits per heavy atom. The van der Waals surface area contributed by atoms with Crippen molar-refractivity contribution in [3.8, 4) is 0 Å². The maximum absolute atomic E-state index is 5.50. The summed E-state index contributed by atoms with van der Waals surface area (Å²) in [5.74, 6) is 0.432. The highest BCUT2D eigenvalue weighted by molar-refractivity contribution is 9.10. The van der Waals surface area contributed by atoms with Crippen molar-refractivity contribution in [1.82, 2.24) is 5.32 Å². The lowest BCUT2D eigenvalue weighted by molar-refractivity contribution is 0.471. The lowest BCUT2D eigenvalue weighted by Crippen LogP contribution is -2.35. The molecule has 2 aromatic carbocycles. The highest BCUT2D eigenvalue weighted by atomic mass is 79.9. The molecule has 0 heterocycles. The highest BCUT2D eigenvalue weighted by Crippen LogP contribution is 2.25. The molecule has 23 heavy (non-hydrogen) atoms. The molecule has 0 fully saturated rings. The molecule has 0 saturated carbocycles. The first-order valence-electron chi connectivity index (χ1n) is 7.77. The van der Waals surface area contributed by atoms with Crippen LogP contribution in [0.25, 0.3) is 0 Å². The molecule has 4 heteroatoms. The first-order valence-corrected chi connectivity index (χ1v) is 8.97. The van der Waals surface area contributed by atoms with Crippen LogP contribution in [0.5, 0.6) is 0 Å². The van der Waals surface area contributed by atoms with Crippen molar-refractivity contribution in [2.24, 2.45) is 5.92 Å². The van der Waals surface area contributed by atoms with Crippen molar-refractivity contribution in [2.75, 3.05) is 5.32 Å². The van der Waals surface area contributed by atoms with Crippen molar-refractivity contribution < 1.29 is 0 Å². The fourth-order valence-electron chi connectivity index (χ4n) is 2.62. The summed E-state index contributed by atoms with van der Waals surface area (Å²) in [6, 6.07) is 14.8. The third-order valence-corrected chi connectivity index (χ3v) is 4.56. The molecule has 0 aliphatic heterocycles. The van der Waals surface area contributed by atoms with Gasteiger partial charge in [0.2, 0.25) is 0 Å². The normalized spacial score (nSPS) is 12.1. The van der Waals surface area contributed by atoms with Crippen LogP contribution in [0.15, 0.2) is 46.9 Å². The van der Waals surface area contributed by atoms with Crippen LogP contribution < -0.4 is 10.6 Å². The van der Waals surface area contributed by atoms with Gasteiger partial charge in [-0.05, 0) is 67.4 Å². The van der Waals surface area contributed by atoms with Crippen LogP contribution in [-0.2, 0) is 0 Å². The van der Waals surface area contributed by atoms with Crippen LogP contribution >= 0.6 is 28.1 Å². The Hall–Kier alpha value is -1.39. The van der Waals surface area contributed by atoms with E-state index >= 15 is 0 Å². The molecule has 1 unspecified atom stereocenters. The van der Waals surface area contributed by atoms with Crippen LogP contribution in [0.4, 0.5) is 5.69 Å². The maximum atomic E-state index is 5.50. The molecule has 0 radical (unpaired) electrons. The van der Waals surface area contributed by atoms with E-state index in [1.54, 1.807) is 0 Å². The highest BCUT2D eigenvalue weighted by Gasteiger charge is 2.18. The van der Waals surface area contributed by atoms with E-state index in [1.165, 1.54) is 16.7 Å². The second-order valence-electron chi connectivity index (χ2n) is 6.19. The molecule has 0 aliphatic rings. The van der Waals surface area contributed by atoms with Gasteiger partial charge < -0.3 is 10.6 Å². The van der Waals surface area contributed by atoms with Gasteiger partial charge in [-0.15, -0.1) is 0 Å². The van der Waals surface area contributed by atoms with Gasteiger partial charge in [-0.1, -0.05) is 53.5 Å². The molecule has 0 amide bonds. The Balaban J connectivity index is 2.12. The third-order valence-electron chi connectivity index (χ3n) is 3.82. The number of hydrogen-bond acceptors (Lipinski definition) is 1. The topological polar surface area (TPSA) is 24.1 Å². The molecule has 1 atom stereocenters. The molecule has 0 bridgehead atoms. The first-order chi connectivity index (χ1) is 10.9. The molecule has 0 aromatic heterocycles. The van der Waals surface area contributed by atoms with E-state index in [-0.39, 0.29) is 6.04 Å². The molecule has 0 aliphatic carbocycles. The number of aryl methyl sites for hydroxylation is 2. The minimum absolute atomic E-state index is 0.186. The second kappa shape index (κ2) is 7.93. The molecule has 2 rings (SSSR count). The monoisotopic (exact) mass is 390 g/mol. The minimum Gasteiger partial charge on any atom is -0.355 e. The van der Waals surface area contributed by atoms with Crippen LogP contribution in [0, 0.1) is 19.8 Å². The fraction of sp³-hybridized carbons (Fsp3) is 0.316. The van der Waals surface area contributed by atoms with Gasteiger partial charge >= 0.3 is 0 Å². The first kappa shape index (κ1) is 18.0. The largest absolute Gasteiger partial charge is 0.355 e. The molecule has 122 valence electrons. The van der Waals surface area contributed by atoms with Crippen molar-refractivity contribution in [3.05, 3.63) is 63.6 Å². The number of rotatable bonds is 4. The summed E-state index contributed by atoms with van der Waals surface area (Å²) in [5.41, 5.74) is 4.85. The van der Waals surface area contributed by atoms with E-state index in [0.29, 0.717) is 11.0 Å². The molecule has 0 saturated heterocycles. The minimum atomic E-state index is 0.186. The quantitative estimate of drug-likeness (QED) is 0.649. The van der Waals surface area contributed by atoms with E-state index in [2.05, 4.69) is 72.5 Å². The van der Waals surface area contributed by atoms with Gasteiger partial charge in [-0.25, -0.2) is 0 Å². The van der Waals surface area contributed by atoms with Crippen molar-refractivity contribution >= 4 is 38.9 Å². The average molecular weight is 391 g/mol. The molecule has 2 nitrogen and oxygen atoms in total. The lowest BCUT2D eigenvalue weighted by Gasteiger charge is -2.26. The summed E-state index contributed by atoms with van der Waals surface area (Å²) < 4.78 is 1.05. The van der Waals surface area contributed by atoms with Crippen LogP contribution in [0.3, 0.4) is 0 Å². The van der Waals surface area contributed by atoms with Crippen LogP contribution in [0.1, 0.15) is 36.6 Å². The van der Waals surface area contributed by atoms with E-state index < -0.39 is 0 Å². The molecule has 2 N–H and O–H groups in total. The SMILES string of the molecule is Cc1ccc(C(NC(=S)Nc2ccc(Br)cc2)C(C)C)c(C)c1. The Kier molecular flexibility index (Phi) is 6.19. The summed E-state index contributed by atoms with van der Waals surface area (Å²) in [6.07, 6.45) is 0. The zero-order valence-corrected chi connectivity index (χ0v) is 16.4. The van der Waals surface area contributed by atoms with Gasteiger partial charge in [0.05, 0.1) is 6.04 Å². The number of thiocarbonyl (C=S) groups is 1. The Bertz CT molecular complexity index is 680. The smallest absolute Gasteiger partial charge is 0.171 e. The molecular weight excluding hydrogens is 368 g/mol. The Morgan fingerprint density at radius 2 is 1.70 bits per heavy atom. The van der Waals surface area contributed by atoms with Crippen molar-refractivity contribution in [3.63, 3.8) is 0 Å². The number of hydrogen-bond donors (Lipinski definition) is 2. The predicted molar refractivity (Wildman–Crippen MR) is 107 cm³/mol.